The number of hydrogen-bond acceptors (Lipinski definition) is 3. The summed E-state index contributed by atoms with van der Waals surface area (Å²) in [6, 6.07) is 10.5. The Hall–Kier alpha value is -2.20. The molecule has 0 heterocycles. The molecular formula is C16H17ClN2O2. The van der Waals surface area contributed by atoms with Crippen molar-refractivity contribution < 1.29 is 9.90 Å². The van der Waals surface area contributed by atoms with Gasteiger partial charge in [0.25, 0.3) is 5.91 Å². The molecular weight excluding hydrogens is 288 g/mol. The Balaban J connectivity index is 2.23. The van der Waals surface area contributed by atoms with Gasteiger partial charge < -0.3 is 15.7 Å². The van der Waals surface area contributed by atoms with Crippen molar-refractivity contribution in [3.63, 3.8) is 0 Å². The first kappa shape index (κ1) is 15.2. The highest BCUT2D eigenvalue weighted by molar-refractivity contribution is 6.31. The highest BCUT2D eigenvalue weighted by Crippen LogP contribution is 2.27. The first-order valence-electron chi connectivity index (χ1n) is 6.56. The molecule has 0 aliphatic carbocycles. The van der Waals surface area contributed by atoms with E-state index in [-0.39, 0.29) is 11.7 Å². The fourth-order valence-electron chi connectivity index (χ4n) is 2.11. The van der Waals surface area contributed by atoms with Crippen LogP contribution in [0, 0.1) is 6.92 Å². The molecule has 3 N–H and O–H groups in total. The van der Waals surface area contributed by atoms with Crippen LogP contribution in [0.4, 0.5) is 5.69 Å². The number of halogens is 1. The first-order valence-corrected chi connectivity index (χ1v) is 6.94. The summed E-state index contributed by atoms with van der Waals surface area (Å²) in [5, 5.41) is 16.2. The molecule has 2 aromatic carbocycles. The maximum atomic E-state index is 11.8. The van der Waals surface area contributed by atoms with Crippen molar-refractivity contribution in [3.8, 4) is 5.75 Å². The number of amides is 1. The van der Waals surface area contributed by atoms with Crippen LogP contribution in [-0.4, -0.2) is 18.1 Å². The van der Waals surface area contributed by atoms with Crippen LogP contribution < -0.4 is 10.6 Å². The second kappa shape index (κ2) is 6.50. The summed E-state index contributed by atoms with van der Waals surface area (Å²) < 4.78 is 0. The molecule has 0 aliphatic heterocycles. The van der Waals surface area contributed by atoms with Gasteiger partial charge in [0, 0.05) is 35.4 Å². The SMILES string of the molecule is CNC(=O)c1cccc(NCc2c(O)cccc2Cl)c1C. The van der Waals surface area contributed by atoms with Crippen LogP contribution >= 0.6 is 11.6 Å². The van der Waals surface area contributed by atoms with Crippen LogP contribution in [0.25, 0.3) is 0 Å². The monoisotopic (exact) mass is 304 g/mol. The molecule has 4 nitrogen and oxygen atoms in total. The van der Waals surface area contributed by atoms with Crippen LogP contribution in [0.5, 0.6) is 5.75 Å². The molecule has 2 rings (SSSR count). The minimum atomic E-state index is -0.128. The lowest BCUT2D eigenvalue weighted by Crippen LogP contribution is -2.19. The third-order valence-electron chi connectivity index (χ3n) is 3.36. The van der Waals surface area contributed by atoms with Gasteiger partial charge in [-0.25, -0.2) is 0 Å². The van der Waals surface area contributed by atoms with Gasteiger partial charge in [0.1, 0.15) is 5.75 Å². The number of rotatable bonds is 4. The molecule has 0 unspecified atom stereocenters. The summed E-state index contributed by atoms with van der Waals surface area (Å²) in [7, 11) is 1.60. The van der Waals surface area contributed by atoms with E-state index in [1.165, 1.54) is 0 Å². The zero-order valence-electron chi connectivity index (χ0n) is 11.9. The minimum Gasteiger partial charge on any atom is -0.508 e. The fourth-order valence-corrected chi connectivity index (χ4v) is 2.35. The summed E-state index contributed by atoms with van der Waals surface area (Å²) in [6.07, 6.45) is 0. The third-order valence-corrected chi connectivity index (χ3v) is 3.71. The van der Waals surface area contributed by atoms with Gasteiger partial charge in [-0.2, -0.15) is 0 Å². The number of benzene rings is 2. The Kier molecular flexibility index (Phi) is 4.70. The molecule has 0 aliphatic rings. The van der Waals surface area contributed by atoms with Crippen LogP contribution in [0.15, 0.2) is 36.4 Å². The normalized spacial score (nSPS) is 10.2. The molecule has 0 aromatic heterocycles. The summed E-state index contributed by atoms with van der Waals surface area (Å²) in [6.45, 7) is 2.25. The van der Waals surface area contributed by atoms with E-state index in [4.69, 9.17) is 11.6 Å². The summed E-state index contributed by atoms with van der Waals surface area (Å²) in [4.78, 5) is 11.8. The van der Waals surface area contributed by atoms with Crippen molar-refractivity contribution in [2.45, 2.75) is 13.5 Å². The molecule has 21 heavy (non-hydrogen) atoms. The second-order valence-electron chi connectivity index (χ2n) is 4.65. The summed E-state index contributed by atoms with van der Waals surface area (Å²) >= 11 is 6.08. The van der Waals surface area contributed by atoms with Crippen LogP contribution in [0.1, 0.15) is 21.5 Å². The summed E-state index contributed by atoms with van der Waals surface area (Å²) in [5.41, 5.74) is 2.92. The average molecular weight is 305 g/mol. The largest absolute Gasteiger partial charge is 0.508 e. The molecule has 1 amide bonds. The number of hydrogen-bond donors (Lipinski definition) is 3. The van der Waals surface area contributed by atoms with E-state index in [1.54, 1.807) is 31.3 Å². The van der Waals surface area contributed by atoms with Crippen molar-refractivity contribution in [3.05, 3.63) is 58.1 Å². The number of carbonyl (C=O) groups is 1. The van der Waals surface area contributed by atoms with Crippen molar-refractivity contribution >= 4 is 23.2 Å². The van der Waals surface area contributed by atoms with Gasteiger partial charge in [-0.3, -0.25) is 4.79 Å². The van der Waals surface area contributed by atoms with Crippen LogP contribution in [-0.2, 0) is 6.54 Å². The van der Waals surface area contributed by atoms with E-state index >= 15 is 0 Å². The molecule has 0 saturated heterocycles. The van der Waals surface area contributed by atoms with Crippen LogP contribution in [0.2, 0.25) is 5.02 Å². The Bertz CT molecular complexity index is 651. The molecule has 2 aromatic rings. The van der Waals surface area contributed by atoms with Crippen molar-refractivity contribution in [2.75, 3.05) is 12.4 Å². The fraction of sp³-hybridized carbons (Fsp3) is 0.188. The molecule has 0 radical (unpaired) electrons. The predicted octanol–water partition coefficient (Wildman–Crippen LogP) is 3.33. The Morgan fingerprint density at radius 2 is 1.95 bits per heavy atom. The topological polar surface area (TPSA) is 61.4 Å². The lowest BCUT2D eigenvalue weighted by molar-refractivity contribution is 0.0962. The van der Waals surface area contributed by atoms with Crippen molar-refractivity contribution in [2.24, 2.45) is 0 Å². The Labute approximate surface area is 128 Å². The molecule has 0 atom stereocenters. The first-order chi connectivity index (χ1) is 10.0. The second-order valence-corrected chi connectivity index (χ2v) is 5.06. The quantitative estimate of drug-likeness (QED) is 0.812. The molecule has 0 bridgehead atoms. The van der Waals surface area contributed by atoms with E-state index in [1.807, 2.05) is 19.1 Å². The maximum absolute atomic E-state index is 11.8. The Morgan fingerprint density at radius 1 is 1.24 bits per heavy atom. The van der Waals surface area contributed by atoms with E-state index in [0.29, 0.717) is 22.7 Å². The molecule has 0 fully saturated rings. The van der Waals surface area contributed by atoms with Gasteiger partial charge in [0.2, 0.25) is 0 Å². The number of anilines is 1. The van der Waals surface area contributed by atoms with E-state index in [0.717, 1.165) is 11.3 Å². The average Bonchev–Trinajstić information content (AvgIpc) is 2.47. The number of aromatic hydroxyl groups is 1. The molecule has 110 valence electrons. The van der Waals surface area contributed by atoms with Gasteiger partial charge in [-0.05, 0) is 36.8 Å². The molecule has 0 saturated carbocycles. The Morgan fingerprint density at radius 3 is 2.62 bits per heavy atom. The van der Waals surface area contributed by atoms with Crippen LogP contribution in [0.3, 0.4) is 0 Å². The maximum Gasteiger partial charge on any atom is 0.251 e. The van der Waals surface area contributed by atoms with E-state index in [2.05, 4.69) is 10.6 Å². The number of phenolic OH excluding ortho intramolecular Hbond substituents is 1. The van der Waals surface area contributed by atoms with Gasteiger partial charge >= 0.3 is 0 Å². The van der Waals surface area contributed by atoms with Gasteiger partial charge in [-0.1, -0.05) is 23.7 Å². The highest BCUT2D eigenvalue weighted by atomic mass is 35.5. The lowest BCUT2D eigenvalue weighted by Gasteiger charge is -2.14. The van der Waals surface area contributed by atoms with E-state index in [9.17, 15) is 9.90 Å². The van der Waals surface area contributed by atoms with Gasteiger partial charge in [0.05, 0.1) is 0 Å². The third kappa shape index (κ3) is 3.28. The van der Waals surface area contributed by atoms with Gasteiger partial charge in [0.15, 0.2) is 0 Å². The highest BCUT2D eigenvalue weighted by Gasteiger charge is 2.11. The predicted molar refractivity (Wildman–Crippen MR) is 85.0 cm³/mol. The molecule has 5 heteroatoms. The number of carbonyl (C=O) groups excluding carboxylic acids is 1. The smallest absolute Gasteiger partial charge is 0.251 e. The zero-order chi connectivity index (χ0) is 15.4. The van der Waals surface area contributed by atoms with Crippen molar-refractivity contribution in [1.82, 2.24) is 5.32 Å². The number of nitrogens with one attached hydrogen (secondary N) is 2. The zero-order valence-corrected chi connectivity index (χ0v) is 12.7. The van der Waals surface area contributed by atoms with Gasteiger partial charge in [-0.15, -0.1) is 0 Å². The lowest BCUT2D eigenvalue weighted by atomic mass is 10.1. The minimum absolute atomic E-state index is 0.128. The standard InChI is InChI=1S/C16H17ClN2O2/c1-10-11(16(21)18-2)5-3-7-14(10)19-9-12-13(17)6-4-8-15(12)20/h3-8,19-20H,9H2,1-2H3,(H,18,21). The van der Waals surface area contributed by atoms with E-state index < -0.39 is 0 Å². The number of phenols is 1. The van der Waals surface area contributed by atoms with Crippen molar-refractivity contribution in [1.29, 1.82) is 0 Å². The molecule has 0 spiro atoms. The summed E-state index contributed by atoms with van der Waals surface area (Å²) in [5.74, 6) is 0.0202.